The molecule has 0 saturated carbocycles. The van der Waals surface area contributed by atoms with Gasteiger partial charge in [0.2, 0.25) is 6.79 Å². The topological polar surface area (TPSA) is 97.8 Å². The van der Waals surface area contributed by atoms with Crippen LogP contribution in [0.2, 0.25) is 0 Å². The molecule has 0 unspecified atom stereocenters. The fourth-order valence-electron chi connectivity index (χ4n) is 2.11. The second kappa shape index (κ2) is 6.25. The van der Waals surface area contributed by atoms with E-state index >= 15 is 0 Å². The molecule has 3 rings (SSSR count). The van der Waals surface area contributed by atoms with Crippen molar-refractivity contribution in [3.63, 3.8) is 0 Å². The number of carbonyl (C=O) groups is 2. The number of carboxylic acid groups (broad SMARTS) is 1. The predicted octanol–water partition coefficient (Wildman–Crippen LogP) is 2.13. The third-order valence-corrected chi connectivity index (χ3v) is 4.41. The smallest absolute Gasteiger partial charge is 0.326 e. The van der Waals surface area contributed by atoms with Crippen LogP contribution >= 0.6 is 11.3 Å². The fraction of sp³-hybridized carbons (Fsp3) is 0.267. The summed E-state index contributed by atoms with van der Waals surface area (Å²) in [5.74, 6) is -0.179. The van der Waals surface area contributed by atoms with E-state index in [0.29, 0.717) is 27.8 Å². The molecule has 120 valence electrons. The highest BCUT2D eigenvalue weighted by Crippen LogP contribution is 2.36. The van der Waals surface area contributed by atoms with Gasteiger partial charge in [0, 0.05) is 5.56 Å². The van der Waals surface area contributed by atoms with E-state index in [2.05, 4.69) is 10.3 Å². The van der Waals surface area contributed by atoms with Crippen molar-refractivity contribution < 1.29 is 24.2 Å². The first-order valence-corrected chi connectivity index (χ1v) is 7.79. The van der Waals surface area contributed by atoms with E-state index in [1.54, 1.807) is 19.1 Å². The first kappa shape index (κ1) is 15.3. The summed E-state index contributed by atoms with van der Waals surface area (Å²) in [5, 5.41) is 12.1. The molecule has 1 aromatic carbocycles. The SMILES string of the molecule is CC[C@H](NC(=O)c1cnc(-c2ccc3c(c2)OCO3)s1)C(=O)O. The highest BCUT2D eigenvalue weighted by molar-refractivity contribution is 7.16. The van der Waals surface area contributed by atoms with Crippen molar-refractivity contribution in [3.8, 4) is 22.1 Å². The van der Waals surface area contributed by atoms with Crippen LogP contribution in [0.4, 0.5) is 0 Å². The number of nitrogens with zero attached hydrogens (tertiary/aromatic N) is 1. The molecule has 2 N–H and O–H groups in total. The molecule has 1 aliphatic heterocycles. The van der Waals surface area contributed by atoms with E-state index in [-0.39, 0.29) is 6.79 Å². The van der Waals surface area contributed by atoms with Crippen LogP contribution in [0.3, 0.4) is 0 Å². The summed E-state index contributed by atoms with van der Waals surface area (Å²) in [7, 11) is 0. The van der Waals surface area contributed by atoms with Gasteiger partial charge in [0.1, 0.15) is 15.9 Å². The average molecular weight is 334 g/mol. The van der Waals surface area contributed by atoms with Gasteiger partial charge in [-0.15, -0.1) is 11.3 Å². The Kier molecular flexibility index (Phi) is 4.16. The van der Waals surface area contributed by atoms with E-state index in [1.165, 1.54) is 17.5 Å². The van der Waals surface area contributed by atoms with Crippen molar-refractivity contribution >= 4 is 23.2 Å². The number of aromatic nitrogens is 1. The quantitative estimate of drug-likeness (QED) is 0.869. The molecule has 0 saturated heterocycles. The summed E-state index contributed by atoms with van der Waals surface area (Å²) in [6.07, 6.45) is 1.75. The Bertz CT molecular complexity index is 758. The highest BCUT2D eigenvalue weighted by Gasteiger charge is 2.21. The van der Waals surface area contributed by atoms with Gasteiger partial charge in [0.05, 0.1) is 6.20 Å². The molecule has 1 atom stereocenters. The van der Waals surface area contributed by atoms with Crippen LogP contribution in [0.25, 0.3) is 10.6 Å². The van der Waals surface area contributed by atoms with Gasteiger partial charge in [0.25, 0.3) is 5.91 Å². The lowest BCUT2D eigenvalue weighted by Gasteiger charge is -2.10. The third kappa shape index (κ3) is 3.11. The van der Waals surface area contributed by atoms with Crippen LogP contribution in [-0.4, -0.2) is 34.8 Å². The van der Waals surface area contributed by atoms with Gasteiger partial charge in [-0.05, 0) is 24.6 Å². The molecule has 0 fully saturated rings. The zero-order valence-corrected chi connectivity index (χ0v) is 13.1. The first-order valence-electron chi connectivity index (χ1n) is 6.98. The van der Waals surface area contributed by atoms with Gasteiger partial charge < -0.3 is 19.9 Å². The molecule has 0 radical (unpaired) electrons. The Hall–Kier alpha value is -2.61. The van der Waals surface area contributed by atoms with Crippen LogP contribution in [0.5, 0.6) is 11.5 Å². The Morgan fingerprint density at radius 1 is 1.39 bits per heavy atom. The van der Waals surface area contributed by atoms with Gasteiger partial charge in [0.15, 0.2) is 11.5 Å². The number of rotatable bonds is 5. The van der Waals surface area contributed by atoms with Crippen molar-refractivity contribution in [1.82, 2.24) is 10.3 Å². The van der Waals surface area contributed by atoms with E-state index in [4.69, 9.17) is 14.6 Å². The first-order chi connectivity index (χ1) is 11.1. The van der Waals surface area contributed by atoms with Gasteiger partial charge in [-0.25, -0.2) is 9.78 Å². The Morgan fingerprint density at radius 2 is 2.17 bits per heavy atom. The third-order valence-electron chi connectivity index (χ3n) is 3.36. The minimum absolute atomic E-state index is 0.192. The van der Waals surface area contributed by atoms with Crippen LogP contribution in [0.1, 0.15) is 23.0 Å². The highest BCUT2D eigenvalue weighted by atomic mass is 32.1. The molecular formula is C15H14N2O5S. The normalized spacial score (nSPS) is 13.6. The maximum absolute atomic E-state index is 12.1. The summed E-state index contributed by atoms with van der Waals surface area (Å²) >= 11 is 1.19. The predicted molar refractivity (Wildman–Crippen MR) is 82.9 cm³/mol. The van der Waals surface area contributed by atoms with Crippen LogP contribution in [0.15, 0.2) is 24.4 Å². The Balaban J connectivity index is 1.77. The number of fused-ring (bicyclic) bond motifs is 1. The van der Waals surface area contributed by atoms with Gasteiger partial charge in [-0.2, -0.15) is 0 Å². The number of nitrogens with one attached hydrogen (secondary N) is 1. The zero-order chi connectivity index (χ0) is 16.4. The number of hydrogen-bond donors (Lipinski definition) is 2. The molecule has 2 heterocycles. The molecule has 1 amide bonds. The monoisotopic (exact) mass is 334 g/mol. The minimum Gasteiger partial charge on any atom is -0.480 e. The van der Waals surface area contributed by atoms with Crippen molar-refractivity contribution in [2.24, 2.45) is 0 Å². The fourth-order valence-corrected chi connectivity index (χ4v) is 2.93. The maximum atomic E-state index is 12.1. The lowest BCUT2D eigenvalue weighted by Crippen LogP contribution is -2.39. The molecule has 1 aromatic heterocycles. The van der Waals surface area contributed by atoms with Crippen LogP contribution in [-0.2, 0) is 4.79 Å². The molecule has 7 nitrogen and oxygen atoms in total. The standard InChI is InChI=1S/C15H14N2O5S/c1-2-9(15(19)20)17-13(18)12-6-16-14(23-12)8-3-4-10-11(5-8)22-7-21-10/h3-6,9H,2,7H2,1H3,(H,17,18)(H,19,20)/t9-/m0/s1. The number of hydrogen-bond acceptors (Lipinski definition) is 6. The largest absolute Gasteiger partial charge is 0.480 e. The van der Waals surface area contributed by atoms with Gasteiger partial charge >= 0.3 is 5.97 Å². The van der Waals surface area contributed by atoms with Crippen LogP contribution < -0.4 is 14.8 Å². The summed E-state index contributed by atoms with van der Waals surface area (Å²) in [6, 6.07) is 4.52. The molecule has 0 spiro atoms. The number of benzene rings is 1. The second-order valence-corrected chi connectivity index (χ2v) is 5.90. The number of amides is 1. The molecule has 0 aliphatic carbocycles. The molecule has 8 heteroatoms. The second-order valence-electron chi connectivity index (χ2n) is 4.87. The lowest BCUT2D eigenvalue weighted by molar-refractivity contribution is -0.139. The molecule has 1 aliphatic rings. The van der Waals surface area contributed by atoms with E-state index in [9.17, 15) is 9.59 Å². The number of carboxylic acids is 1. The van der Waals surface area contributed by atoms with E-state index in [0.717, 1.165) is 5.56 Å². The van der Waals surface area contributed by atoms with Gasteiger partial charge in [-0.1, -0.05) is 6.92 Å². The Labute approximate surface area is 135 Å². The van der Waals surface area contributed by atoms with Crippen molar-refractivity contribution in [2.75, 3.05) is 6.79 Å². The maximum Gasteiger partial charge on any atom is 0.326 e. The number of ether oxygens (including phenoxy) is 2. The van der Waals surface area contributed by atoms with E-state index < -0.39 is 17.9 Å². The van der Waals surface area contributed by atoms with Gasteiger partial charge in [-0.3, -0.25) is 4.79 Å². The lowest BCUT2D eigenvalue weighted by atomic mass is 10.2. The summed E-state index contributed by atoms with van der Waals surface area (Å²) in [5.41, 5.74) is 0.809. The Morgan fingerprint density at radius 3 is 2.91 bits per heavy atom. The molecule has 0 bridgehead atoms. The molecule has 23 heavy (non-hydrogen) atoms. The van der Waals surface area contributed by atoms with Crippen molar-refractivity contribution in [1.29, 1.82) is 0 Å². The minimum atomic E-state index is -1.05. The van der Waals surface area contributed by atoms with Crippen LogP contribution in [0, 0.1) is 0 Å². The average Bonchev–Trinajstić information content (AvgIpc) is 3.19. The summed E-state index contributed by atoms with van der Waals surface area (Å²) in [4.78, 5) is 27.7. The van der Waals surface area contributed by atoms with E-state index in [1.807, 2.05) is 6.07 Å². The zero-order valence-electron chi connectivity index (χ0n) is 12.2. The molecule has 2 aromatic rings. The number of aliphatic carboxylic acids is 1. The summed E-state index contributed by atoms with van der Waals surface area (Å²) < 4.78 is 10.6. The number of carbonyl (C=O) groups excluding carboxylic acids is 1. The van der Waals surface area contributed by atoms with Crippen molar-refractivity contribution in [3.05, 3.63) is 29.3 Å². The molecular weight excluding hydrogens is 320 g/mol. The van der Waals surface area contributed by atoms with Crippen molar-refractivity contribution in [2.45, 2.75) is 19.4 Å². The number of thiazole rings is 1. The summed E-state index contributed by atoms with van der Waals surface area (Å²) in [6.45, 7) is 1.89.